The van der Waals surface area contributed by atoms with Gasteiger partial charge in [-0.1, -0.05) is 38.8 Å². The fraction of sp³-hybridized carbons (Fsp3) is 0.455. The lowest BCUT2D eigenvalue weighted by atomic mass is 10.1. The van der Waals surface area contributed by atoms with Crippen LogP contribution in [0.5, 0.6) is 0 Å². The molecule has 4 rings (SSSR count). The van der Waals surface area contributed by atoms with Crippen LogP contribution in [-0.2, 0) is 29.0 Å². The van der Waals surface area contributed by atoms with Gasteiger partial charge < -0.3 is 9.30 Å². The molecule has 42 heavy (non-hydrogen) atoms. The van der Waals surface area contributed by atoms with E-state index < -0.39 is 5.60 Å². The lowest BCUT2D eigenvalue weighted by Crippen LogP contribution is -2.33. The molecule has 0 atom stereocenters. The molecule has 0 spiro atoms. The molecule has 3 aromatic rings. The van der Waals surface area contributed by atoms with Crippen molar-refractivity contribution in [1.82, 2.24) is 19.4 Å². The van der Waals surface area contributed by atoms with E-state index in [-0.39, 0.29) is 17.9 Å². The molecule has 0 radical (unpaired) electrons. The fourth-order valence-corrected chi connectivity index (χ4v) is 5.67. The zero-order valence-corrected chi connectivity index (χ0v) is 26.4. The van der Waals surface area contributed by atoms with Gasteiger partial charge in [-0.2, -0.15) is 0 Å². The number of nitrogens with zero attached hydrogens (tertiary/aromatic N) is 4. The SMILES string of the molecule is CCCCc1ncc(/C=C2/C(=O)N(CCCC)C(=O)N2Cc2ccc(C)s2)n1Cc1ccc(C(=O)OC(C)(C)C)cc1. The number of carbonyl (C=O) groups is 3. The number of thiophene rings is 1. The van der Waals surface area contributed by atoms with Gasteiger partial charge >= 0.3 is 12.0 Å². The molecule has 1 aromatic carbocycles. The third-order valence-electron chi connectivity index (χ3n) is 7.00. The molecular formula is C33H42N4O4S. The summed E-state index contributed by atoms with van der Waals surface area (Å²) in [7, 11) is 0. The minimum absolute atomic E-state index is 0.272. The number of carbonyl (C=O) groups excluding carboxylic acids is 3. The van der Waals surface area contributed by atoms with Crippen molar-refractivity contribution in [2.75, 3.05) is 6.54 Å². The highest BCUT2D eigenvalue weighted by atomic mass is 32.1. The number of benzene rings is 1. The molecule has 8 nitrogen and oxygen atoms in total. The molecular weight excluding hydrogens is 548 g/mol. The quantitative estimate of drug-likeness (QED) is 0.126. The van der Waals surface area contributed by atoms with Crippen LogP contribution in [0.1, 0.15) is 97.5 Å². The summed E-state index contributed by atoms with van der Waals surface area (Å²) in [6, 6.07) is 11.2. The summed E-state index contributed by atoms with van der Waals surface area (Å²) < 4.78 is 7.61. The number of amides is 3. The average Bonchev–Trinajstić information content (AvgIpc) is 3.58. The Morgan fingerprint density at radius 1 is 0.976 bits per heavy atom. The van der Waals surface area contributed by atoms with E-state index >= 15 is 0 Å². The first-order chi connectivity index (χ1) is 20.0. The van der Waals surface area contributed by atoms with Gasteiger partial charge in [0.15, 0.2) is 0 Å². The van der Waals surface area contributed by atoms with Crippen LogP contribution < -0.4 is 0 Å². The van der Waals surface area contributed by atoms with Crippen molar-refractivity contribution in [1.29, 1.82) is 0 Å². The number of hydrogen-bond donors (Lipinski definition) is 0. The van der Waals surface area contributed by atoms with Gasteiger partial charge in [-0.25, -0.2) is 14.6 Å². The van der Waals surface area contributed by atoms with Gasteiger partial charge in [-0.3, -0.25) is 14.6 Å². The summed E-state index contributed by atoms with van der Waals surface area (Å²) in [6.45, 7) is 13.0. The van der Waals surface area contributed by atoms with E-state index in [9.17, 15) is 14.4 Å². The molecule has 0 saturated carbocycles. The average molecular weight is 591 g/mol. The van der Waals surface area contributed by atoms with Gasteiger partial charge in [0.1, 0.15) is 17.1 Å². The Hall–Kier alpha value is -3.72. The Morgan fingerprint density at radius 3 is 2.31 bits per heavy atom. The van der Waals surface area contributed by atoms with Crippen LogP contribution in [-0.4, -0.2) is 49.4 Å². The van der Waals surface area contributed by atoms with Crippen LogP contribution in [0.15, 0.2) is 48.3 Å². The number of imide groups is 1. The molecule has 1 saturated heterocycles. The second-order valence-electron chi connectivity index (χ2n) is 11.7. The Morgan fingerprint density at radius 2 is 1.69 bits per heavy atom. The van der Waals surface area contributed by atoms with Crippen LogP contribution in [0.25, 0.3) is 6.08 Å². The Kier molecular flexibility index (Phi) is 10.0. The first-order valence-corrected chi connectivity index (χ1v) is 15.6. The van der Waals surface area contributed by atoms with Gasteiger partial charge in [0, 0.05) is 29.3 Å². The number of unbranched alkanes of at least 4 members (excludes halogenated alkanes) is 2. The Bertz CT molecular complexity index is 1450. The summed E-state index contributed by atoms with van der Waals surface area (Å²) in [6.07, 6.45) is 8.05. The van der Waals surface area contributed by atoms with Gasteiger partial charge in [-0.05, 0) is 76.4 Å². The summed E-state index contributed by atoms with van der Waals surface area (Å²) in [5, 5.41) is 0. The van der Waals surface area contributed by atoms with Crippen molar-refractivity contribution in [3.05, 3.63) is 80.7 Å². The molecule has 0 bridgehead atoms. The second-order valence-corrected chi connectivity index (χ2v) is 13.1. The molecule has 2 aromatic heterocycles. The molecule has 1 fully saturated rings. The van der Waals surface area contributed by atoms with Crippen LogP contribution in [0.3, 0.4) is 0 Å². The predicted octanol–water partition coefficient (Wildman–Crippen LogP) is 7.20. The number of urea groups is 1. The van der Waals surface area contributed by atoms with Crippen molar-refractivity contribution >= 4 is 35.3 Å². The highest BCUT2D eigenvalue weighted by Crippen LogP contribution is 2.29. The van der Waals surface area contributed by atoms with Crippen LogP contribution in [0, 0.1) is 6.92 Å². The minimum Gasteiger partial charge on any atom is -0.456 e. The maximum Gasteiger partial charge on any atom is 0.338 e. The van der Waals surface area contributed by atoms with Crippen LogP contribution in [0.2, 0.25) is 0 Å². The largest absolute Gasteiger partial charge is 0.456 e. The van der Waals surface area contributed by atoms with Crippen molar-refractivity contribution in [3.8, 4) is 0 Å². The maximum atomic E-state index is 13.6. The topological polar surface area (TPSA) is 84.7 Å². The number of imidazole rings is 1. The van der Waals surface area contributed by atoms with Gasteiger partial charge in [0.2, 0.25) is 0 Å². The van der Waals surface area contributed by atoms with Gasteiger partial charge in [-0.15, -0.1) is 11.3 Å². The second kappa shape index (κ2) is 13.5. The van der Waals surface area contributed by atoms with E-state index in [1.54, 1.807) is 34.6 Å². The first-order valence-electron chi connectivity index (χ1n) is 14.8. The van der Waals surface area contributed by atoms with E-state index in [4.69, 9.17) is 9.72 Å². The van der Waals surface area contributed by atoms with Crippen LogP contribution in [0.4, 0.5) is 4.79 Å². The molecule has 9 heteroatoms. The van der Waals surface area contributed by atoms with E-state index in [2.05, 4.69) is 11.5 Å². The van der Waals surface area contributed by atoms with E-state index in [1.807, 2.05) is 65.0 Å². The van der Waals surface area contributed by atoms with Gasteiger partial charge in [0.25, 0.3) is 5.91 Å². The Labute approximate surface area is 253 Å². The molecule has 0 aliphatic carbocycles. The van der Waals surface area contributed by atoms with Crippen molar-refractivity contribution in [3.63, 3.8) is 0 Å². The first kappa shape index (κ1) is 31.2. The van der Waals surface area contributed by atoms with Crippen molar-refractivity contribution in [2.45, 2.75) is 92.3 Å². The highest BCUT2D eigenvalue weighted by Gasteiger charge is 2.41. The lowest BCUT2D eigenvalue weighted by Gasteiger charge is -2.19. The summed E-state index contributed by atoms with van der Waals surface area (Å²) >= 11 is 1.63. The molecule has 1 aliphatic heterocycles. The monoisotopic (exact) mass is 590 g/mol. The number of ether oxygens (including phenoxy) is 1. The standard InChI is InChI=1S/C33H42N4O4S/c1-7-9-11-29-34-20-26(36(29)21-24-13-15-25(16-14-24)31(39)41-33(4,5)6)19-28-30(38)35(18-10-8-2)32(40)37(28)22-27-17-12-23(3)42-27/h12-17,19-20H,7-11,18,21-22H2,1-6H3/b28-19-. The molecule has 1 aliphatic rings. The smallest absolute Gasteiger partial charge is 0.338 e. The summed E-state index contributed by atoms with van der Waals surface area (Å²) in [5.74, 6) is 0.287. The molecule has 0 N–H and O–H groups in total. The number of aryl methyl sites for hydroxylation is 2. The fourth-order valence-electron chi connectivity index (χ4n) is 4.79. The number of hydrogen-bond acceptors (Lipinski definition) is 6. The van der Waals surface area contributed by atoms with E-state index in [0.717, 1.165) is 58.9 Å². The van der Waals surface area contributed by atoms with Gasteiger partial charge in [0.05, 0.1) is 24.0 Å². The number of rotatable bonds is 12. The number of aromatic nitrogens is 2. The molecule has 3 heterocycles. The van der Waals surface area contributed by atoms with Crippen molar-refractivity contribution < 1.29 is 19.1 Å². The maximum absolute atomic E-state index is 13.6. The third kappa shape index (κ3) is 7.56. The molecule has 0 unspecified atom stereocenters. The molecule has 224 valence electrons. The van der Waals surface area contributed by atoms with Crippen molar-refractivity contribution in [2.24, 2.45) is 0 Å². The minimum atomic E-state index is -0.565. The summed E-state index contributed by atoms with van der Waals surface area (Å²) in [5.41, 5.74) is 2.05. The summed E-state index contributed by atoms with van der Waals surface area (Å²) in [4.78, 5) is 49.5. The van der Waals surface area contributed by atoms with Crippen LogP contribution >= 0.6 is 11.3 Å². The normalized spacial score (nSPS) is 14.9. The predicted molar refractivity (Wildman–Crippen MR) is 166 cm³/mol. The van der Waals surface area contributed by atoms with E-state index in [1.165, 1.54) is 4.90 Å². The van der Waals surface area contributed by atoms with E-state index in [0.29, 0.717) is 30.9 Å². The lowest BCUT2D eigenvalue weighted by molar-refractivity contribution is -0.123. The Balaban J connectivity index is 1.68. The zero-order chi connectivity index (χ0) is 30.4. The zero-order valence-electron chi connectivity index (χ0n) is 25.6. The highest BCUT2D eigenvalue weighted by molar-refractivity contribution is 7.11. The third-order valence-corrected chi connectivity index (χ3v) is 7.98. The molecule has 3 amide bonds. The number of esters is 1.